The van der Waals surface area contributed by atoms with Crippen molar-refractivity contribution in [1.82, 2.24) is 0 Å². The number of aliphatic hydroxyl groups is 1. The van der Waals surface area contributed by atoms with E-state index in [4.69, 9.17) is 18.6 Å². The van der Waals surface area contributed by atoms with Crippen molar-refractivity contribution in [3.05, 3.63) is 70.6 Å². The minimum atomic E-state index is -1.50. The number of carbonyl (C=O) groups excluding carboxylic acids is 2. The molecule has 1 aromatic heterocycles. The predicted octanol–water partition coefficient (Wildman–Crippen LogP) is 6.62. The maximum Gasteiger partial charge on any atom is 0.344 e. The molecule has 2 aromatic carbocycles. The zero-order valence-corrected chi connectivity index (χ0v) is 25.2. The first-order valence-corrected chi connectivity index (χ1v) is 15.8. The predicted molar refractivity (Wildman–Crippen MR) is 164 cm³/mol. The minimum Gasteiger partial charge on any atom is -0.482 e. The number of benzene rings is 2. The smallest absolute Gasteiger partial charge is 0.344 e. The maximum atomic E-state index is 11.9. The van der Waals surface area contributed by atoms with Crippen LogP contribution in [0.5, 0.6) is 5.75 Å². The van der Waals surface area contributed by atoms with E-state index < -0.39 is 24.6 Å². The molecule has 1 N–H and O–H groups in total. The number of hydrogen-bond acceptors (Lipinski definition) is 9. The highest BCUT2D eigenvalue weighted by atomic mass is 32.2. The number of para-hydroxylation sites is 1. The number of aliphatic hydroxyl groups excluding tert-OH is 1. The number of fused-ring (bicyclic) bond motifs is 1. The molecule has 0 spiro atoms. The molecule has 0 aliphatic heterocycles. The molecule has 0 amide bonds. The van der Waals surface area contributed by atoms with E-state index in [9.17, 15) is 19.5 Å². The van der Waals surface area contributed by atoms with Gasteiger partial charge in [-0.2, -0.15) is 0 Å². The van der Waals surface area contributed by atoms with Gasteiger partial charge in [0.15, 0.2) is 12.7 Å². The molecular formula is C33H42O8S. The molecule has 0 aliphatic rings. The molecular weight excluding hydrogens is 556 g/mol. The Morgan fingerprint density at radius 2 is 1.52 bits per heavy atom. The monoisotopic (exact) mass is 598 g/mol. The van der Waals surface area contributed by atoms with Gasteiger partial charge in [0.2, 0.25) is 0 Å². The number of aryl methyl sites for hydroxylation is 1. The van der Waals surface area contributed by atoms with Crippen LogP contribution in [0.3, 0.4) is 0 Å². The molecule has 3 rings (SSSR count). The zero-order valence-electron chi connectivity index (χ0n) is 24.4. The third-order valence-electron chi connectivity index (χ3n) is 6.75. The van der Waals surface area contributed by atoms with E-state index in [-0.39, 0.29) is 18.8 Å². The van der Waals surface area contributed by atoms with Gasteiger partial charge in [0, 0.05) is 16.3 Å². The highest BCUT2D eigenvalue weighted by molar-refractivity contribution is 7.99. The van der Waals surface area contributed by atoms with Crippen molar-refractivity contribution in [2.45, 2.75) is 82.1 Å². The van der Waals surface area contributed by atoms with Crippen molar-refractivity contribution in [1.29, 1.82) is 0 Å². The number of carbonyl (C=O) groups is 2. The lowest BCUT2D eigenvalue weighted by Crippen LogP contribution is -2.30. The Balaban J connectivity index is 1.09. The fourth-order valence-corrected chi connectivity index (χ4v) is 5.35. The third-order valence-corrected chi connectivity index (χ3v) is 7.83. The molecule has 0 radical (unpaired) electrons. The molecule has 0 saturated heterocycles. The van der Waals surface area contributed by atoms with Crippen molar-refractivity contribution < 1.29 is 33.3 Å². The van der Waals surface area contributed by atoms with Crippen LogP contribution in [0.1, 0.15) is 69.8 Å². The third kappa shape index (κ3) is 12.7. The Hall–Kier alpha value is -3.30. The van der Waals surface area contributed by atoms with Crippen LogP contribution in [0.25, 0.3) is 11.0 Å². The minimum absolute atomic E-state index is 0.242. The largest absolute Gasteiger partial charge is 0.482 e. The van der Waals surface area contributed by atoms with Gasteiger partial charge >= 0.3 is 17.6 Å². The standard InChI is InChI=1S/C33H42O8S/c1-25-21-31(35)41-30-22-27(17-18-28(25)30)42-20-14-9-7-5-3-2-4-6-8-13-19-38-33(37)29(34)23-40-32(36)24-39-26-15-11-10-12-16-26/h10-12,15-18,21-22,29,34H,2-9,13-14,19-20,23-24H2,1H3. The molecule has 42 heavy (non-hydrogen) atoms. The Bertz CT molecular complexity index is 1290. The number of unbranched alkanes of at least 4 members (excludes halogenated alkanes) is 9. The fraction of sp³-hybridized carbons (Fsp3) is 0.485. The van der Waals surface area contributed by atoms with Crippen molar-refractivity contribution >= 4 is 34.7 Å². The van der Waals surface area contributed by atoms with Crippen LogP contribution >= 0.6 is 11.8 Å². The molecule has 9 heteroatoms. The summed E-state index contributed by atoms with van der Waals surface area (Å²) in [6, 6.07) is 16.4. The SMILES string of the molecule is Cc1cc(=O)oc2cc(SCCCCCCCCCCCCOC(=O)C(O)COC(=O)COc3ccccc3)ccc12. The number of ether oxygens (including phenoxy) is 3. The van der Waals surface area contributed by atoms with E-state index in [1.807, 2.05) is 25.1 Å². The van der Waals surface area contributed by atoms with Gasteiger partial charge in [-0.15, -0.1) is 11.8 Å². The van der Waals surface area contributed by atoms with Gasteiger partial charge in [0.25, 0.3) is 0 Å². The van der Waals surface area contributed by atoms with E-state index in [0.717, 1.165) is 47.3 Å². The van der Waals surface area contributed by atoms with Crippen LogP contribution in [0, 0.1) is 6.92 Å². The van der Waals surface area contributed by atoms with Crippen molar-refractivity contribution in [3.8, 4) is 5.75 Å². The maximum absolute atomic E-state index is 11.9. The molecule has 8 nitrogen and oxygen atoms in total. The van der Waals surface area contributed by atoms with E-state index >= 15 is 0 Å². The second kappa shape index (κ2) is 19.0. The van der Waals surface area contributed by atoms with Gasteiger partial charge in [-0.05, 0) is 61.4 Å². The highest BCUT2D eigenvalue weighted by Gasteiger charge is 2.19. The summed E-state index contributed by atoms with van der Waals surface area (Å²) in [5.41, 5.74) is 1.30. The molecule has 0 saturated carbocycles. The quantitative estimate of drug-likeness (QED) is 0.0663. The van der Waals surface area contributed by atoms with E-state index in [0.29, 0.717) is 11.3 Å². The molecule has 3 aromatic rings. The van der Waals surface area contributed by atoms with Crippen molar-refractivity contribution in [2.75, 3.05) is 25.6 Å². The number of hydrogen-bond donors (Lipinski definition) is 1. The second-order valence-electron chi connectivity index (χ2n) is 10.3. The topological polar surface area (TPSA) is 112 Å². The first kappa shape index (κ1) is 33.2. The molecule has 0 bridgehead atoms. The lowest BCUT2D eigenvalue weighted by atomic mass is 10.1. The first-order chi connectivity index (χ1) is 20.4. The Kier molecular flexibility index (Phi) is 15.0. The average Bonchev–Trinajstić information content (AvgIpc) is 2.99. The Morgan fingerprint density at radius 3 is 2.24 bits per heavy atom. The first-order valence-electron chi connectivity index (χ1n) is 14.8. The van der Waals surface area contributed by atoms with Gasteiger partial charge in [0.05, 0.1) is 6.61 Å². The van der Waals surface area contributed by atoms with E-state index in [2.05, 4.69) is 6.07 Å². The summed E-state index contributed by atoms with van der Waals surface area (Å²) in [5, 5.41) is 10.8. The summed E-state index contributed by atoms with van der Waals surface area (Å²) in [5.74, 6) is 0.127. The number of esters is 2. The van der Waals surface area contributed by atoms with Gasteiger partial charge < -0.3 is 23.7 Å². The summed E-state index contributed by atoms with van der Waals surface area (Å²) in [7, 11) is 0. The van der Waals surface area contributed by atoms with Gasteiger partial charge in [-0.1, -0.05) is 69.6 Å². The average molecular weight is 599 g/mol. The molecule has 0 aliphatic carbocycles. The van der Waals surface area contributed by atoms with Gasteiger partial charge in [0.1, 0.15) is 17.9 Å². The van der Waals surface area contributed by atoms with Crippen LogP contribution in [-0.4, -0.2) is 48.7 Å². The molecule has 1 atom stereocenters. The van der Waals surface area contributed by atoms with Crippen molar-refractivity contribution in [2.24, 2.45) is 0 Å². The van der Waals surface area contributed by atoms with Crippen LogP contribution in [0.4, 0.5) is 0 Å². The van der Waals surface area contributed by atoms with Gasteiger partial charge in [-0.3, -0.25) is 0 Å². The van der Waals surface area contributed by atoms with E-state index in [1.54, 1.807) is 36.0 Å². The fourth-order valence-electron chi connectivity index (χ4n) is 4.41. The molecule has 0 fully saturated rings. The van der Waals surface area contributed by atoms with Crippen molar-refractivity contribution in [3.63, 3.8) is 0 Å². The normalized spacial score (nSPS) is 11.8. The molecule has 1 heterocycles. The second-order valence-corrected chi connectivity index (χ2v) is 11.4. The Morgan fingerprint density at radius 1 is 0.857 bits per heavy atom. The summed E-state index contributed by atoms with van der Waals surface area (Å²) in [6.45, 7) is 1.41. The number of rotatable bonds is 20. The highest BCUT2D eigenvalue weighted by Crippen LogP contribution is 2.25. The Labute approximate surface area is 251 Å². The lowest BCUT2D eigenvalue weighted by molar-refractivity contribution is -0.161. The summed E-state index contributed by atoms with van der Waals surface area (Å²) in [4.78, 5) is 36.3. The van der Waals surface area contributed by atoms with Crippen LogP contribution < -0.4 is 10.4 Å². The number of thioether (sulfide) groups is 1. The summed E-state index contributed by atoms with van der Waals surface area (Å²) in [6.07, 6.45) is 9.73. The van der Waals surface area contributed by atoms with Crippen LogP contribution in [0.2, 0.25) is 0 Å². The summed E-state index contributed by atoms with van der Waals surface area (Å²) < 4.78 is 20.6. The van der Waals surface area contributed by atoms with Crippen LogP contribution in [0.15, 0.2) is 68.7 Å². The lowest BCUT2D eigenvalue weighted by Gasteiger charge is -2.12. The van der Waals surface area contributed by atoms with E-state index in [1.165, 1.54) is 44.6 Å². The zero-order chi connectivity index (χ0) is 30.0. The van der Waals surface area contributed by atoms with Crippen LogP contribution in [-0.2, 0) is 19.1 Å². The molecule has 228 valence electrons. The summed E-state index contributed by atoms with van der Waals surface area (Å²) >= 11 is 1.80. The molecule has 1 unspecified atom stereocenters. The van der Waals surface area contributed by atoms with Gasteiger partial charge in [-0.25, -0.2) is 14.4 Å².